The number of carbonyl (C=O) groups excluding carboxylic acids is 2. The number of ether oxygens (including phenoxy) is 2. The average molecular weight is 342 g/mol. The number of carbonyl (C=O) groups is 2. The Hall–Kier alpha value is -2.86. The average Bonchev–Trinajstić information content (AvgIpc) is 2.83. The van der Waals surface area contributed by atoms with Crippen LogP contribution in [-0.2, 0) is 25.6 Å². The summed E-state index contributed by atoms with van der Waals surface area (Å²) in [6.45, 7) is 0.810. The van der Waals surface area contributed by atoms with E-state index in [2.05, 4.69) is 4.90 Å². The number of rotatable bonds is 5. The molecular formula is C19H22N2O4. The van der Waals surface area contributed by atoms with Gasteiger partial charge in [-0.25, -0.2) is 9.59 Å². The summed E-state index contributed by atoms with van der Waals surface area (Å²) in [7, 11) is 6.55. The molecule has 1 heterocycles. The molecule has 0 unspecified atom stereocenters. The first-order valence-corrected chi connectivity index (χ1v) is 7.76. The summed E-state index contributed by atoms with van der Waals surface area (Å²) >= 11 is 0. The standard InChI is InChI=1S/C19H22N2O4/c1-20(2)13-14-8-10-15(11-9-14)21-12-6-5-7-16(18(22)24-3)17(21)19(23)25-4/h5-12H,13H2,1-4H3. The van der Waals surface area contributed by atoms with Gasteiger partial charge in [0.15, 0.2) is 0 Å². The van der Waals surface area contributed by atoms with E-state index in [0.717, 1.165) is 17.8 Å². The largest absolute Gasteiger partial charge is 0.465 e. The molecule has 6 heteroatoms. The molecule has 0 amide bonds. The number of esters is 2. The number of benzene rings is 1. The zero-order valence-corrected chi connectivity index (χ0v) is 14.9. The van der Waals surface area contributed by atoms with Crippen molar-refractivity contribution in [2.24, 2.45) is 0 Å². The lowest BCUT2D eigenvalue weighted by Gasteiger charge is -2.23. The molecule has 0 atom stereocenters. The van der Waals surface area contributed by atoms with Crippen molar-refractivity contribution >= 4 is 17.6 Å². The van der Waals surface area contributed by atoms with Gasteiger partial charge in [-0.2, -0.15) is 0 Å². The minimum absolute atomic E-state index is 0.111. The Morgan fingerprint density at radius 2 is 1.64 bits per heavy atom. The van der Waals surface area contributed by atoms with Gasteiger partial charge in [0.2, 0.25) is 0 Å². The molecule has 25 heavy (non-hydrogen) atoms. The zero-order chi connectivity index (χ0) is 18.4. The summed E-state index contributed by atoms with van der Waals surface area (Å²) in [6, 6.07) is 7.75. The first-order chi connectivity index (χ1) is 12.0. The van der Waals surface area contributed by atoms with Crippen molar-refractivity contribution in [3.05, 3.63) is 65.5 Å². The van der Waals surface area contributed by atoms with E-state index >= 15 is 0 Å². The fraction of sp³-hybridized carbons (Fsp3) is 0.263. The highest BCUT2D eigenvalue weighted by Crippen LogP contribution is 2.26. The van der Waals surface area contributed by atoms with Gasteiger partial charge in [0, 0.05) is 18.4 Å². The predicted octanol–water partition coefficient (Wildman–Crippen LogP) is 2.24. The van der Waals surface area contributed by atoms with Crippen molar-refractivity contribution in [2.45, 2.75) is 6.54 Å². The molecular weight excluding hydrogens is 320 g/mol. The molecule has 0 N–H and O–H groups in total. The molecule has 6 nitrogen and oxygen atoms in total. The van der Waals surface area contributed by atoms with Crippen LogP contribution in [0.3, 0.4) is 0 Å². The summed E-state index contributed by atoms with van der Waals surface area (Å²) in [5, 5.41) is 0. The number of anilines is 1. The van der Waals surface area contributed by atoms with E-state index < -0.39 is 11.9 Å². The maximum absolute atomic E-state index is 12.3. The van der Waals surface area contributed by atoms with Gasteiger partial charge in [-0.05, 0) is 43.9 Å². The molecule has 1 aromatic carbocycles. The van der Waals surface area contributed by atoms with E-state index in [1.165, 1.54) is 20.3 Å². The van der Waals surface area contributed by atoms with Crippen LogP contribution in [0.1, 0.15) is 5.56 Å². The molecule has 0 saturated carbocycles. The molecule has 132 valence electrons. The van der Waals surface area contributed by atoms with Crippen molar-refractivity contribution in [2.75, 3.05) is 33.2 Å². The lowest BCUT2D eigenvalue weighted by molar-refractivity contribution is -0.139. The van der Waals surface area contributed by atoms with E-state index in [-0.39, 0.29) is 11.3 Å². The van der Waals surface area contributed by atoms with Crippen LogP contribution in [0.15, 0.2) is 60.0 Å². The number of hydrogen-bond donors (Lipinski definition) is 0. The number of methoxy groups -OCH3 is 2. The van der Waals surface area contributed by atoms with Gasteiger partial charge >= 0.3 is 11.9 Å². The molecule has 0 spiro atoms. The van der Waals surface area contributed by atoms with Crippen LogP contribution in [0.25, 0.3) is 0 Å². The van der Waals surface area contributed by atoms with Gasteiger partial charge in [0.05, 0.1) is 19.8 Å². The summed E-state index contributed by atoms with van der Waals surface area (Å²) < 4.78 is 9.68. The van der Waals surface area contributed by atoms with E-state index in [4.69, 9.17) is 9.47 Å². The predicted molar refractivity (Wildman–Crippen MR) is 95.7 cm³/mol. The van der Waals surface area contributed by atoms with Crippen molar-refractivity contribution in [3.8, 4) is 0 Å². The van der Waals surface area contributed by atoms with Gasteiger partial charge in [0.1, 0.15) is 5.70 Å². The number of hydrogen-bond acceptors (Lipinski definition) is 6. The second-order valence-electron chi connectivity index (χ2n) is 5.72. The summed E-state index contributed by atoms with van der Waals surface area (Å²) in [5.74, 6) is -1.22. The quantitative estimate of drug-likeness (QED) is 0.765. The van der Waals surface area contributed by atoms with Crippen LogP contribution in [0.4, 0.5) is 5.69 Å². The summed E-state index contributed by atoms with van der Waals surface area (Å²) in [4.78, 5) is 28.1. The van der Waals surface area contributed by atoms with Gasteiger partial charge in [0.25, 0.3) is 0 Å². The highest BCUT2D eigenvalue weighted by Gasteiger charge is 2.27. The molecule has 1 aliphatic rings. The molecule has 1 aliphatic heterocycles. The monoisotopic (exact) mass is 342 g/mol. The Morgan fingerprint density at radius 1 is 1.00 bits per heavy atom. The van der Waals surface area contributed by atoms with Gasteiger partial charge in [-0.15, -0.1) is 0 Å². The smallest absolute Gasteiger partial charge is 0.355 e. The van der Waals surface area contributed by atoms with Gasteiger partial charge in [-0.3, -0.25) is 0 Å². The van der Waals surface area contributed by atoms with E-state index in [0.29, 0.717) is 0 Å². The molecule has 0 aliphatic carbocycles. The highest BCUT2D eigenvalue weighted by molar-refractivity contribution is 6.05. The van der Waals surface area contributed by atoms with Gasteiger partial charge in [-0.1, -0.05) is 18.2 Å². The van der Waals surface area contributed by atoms with E-state index in [1.54, 1.807) is 23.3 Å². The van der Waals surface area contributed by atoms with Crippen molar-refractivity contribution < 1.29 is 19.1 Å². The first-order valence-electron chi connectivity index (χ1n) is 7.76. The highest BCUT2D eigenvalue weighted by atomic mass is 16.5. The lowest BCUT2D eigenvalue weighted by Crippen LogP contribution is -2.27. The van der Waals surface area contributed by atoms with Crippen molar-refractivity contribution in [1.82, 2.24) is 4.90 Å². The SMILES string of the molecule is COC(=O)C1=C(C(=O)OC)N(c2ccc(CN(C)C)cc2)C=CC=C1. The Balaban J connectivity index is 2.49. The second kappa shape index (κ2) is 8.30. The van der Waals surface area contributed by atoms with Crippen LogP contribution in [0.2, 0.25) is 0 Å². The third-order valence-electron chi connectivity index (χ3n) is 3.60. The molecule has 2 rings (SSSR count). The Bertz CT molecular complexity index is 730. The van der Waals surface area contributed by atoms with E-state index in [1.807, 2.05) is 38.4 Å². The number of nitrogens with zero attached hydrogens (tertiary/aromatic N) is 2. The van der Waals surface area contributed by atoms with Crippen LogP contribution >= 0.6 is 0 Å². The van der Waals surface area contributed by atoms with Crippen LogP contribution < -0.4 is 4.90 Å². The van der Waals surface area contributed by atoms with Crippen LogP contribution in [0, 0.1) is 0 Å². The molecule has 0 saturated heterocycles. The lowest BCUT2D eigenvalue weighted by atomic mass is 10.1. The van der Waals surface area contributed by atoms with Crippen LogP contribution in [-0.4, -0.2) is 45.2 Å². The molecule has 0 radical (unpaired) electrons. The van der Waals surface area contributed by atoms with E-state index in [9.17, 15) is 9.59 Å². The van der Waals surface area contributed by atoms with Crippen molar-refractivity contribution in [3.63, 3.8) is 0 Å². The fourth-order valence-corrected chi connectivity index (χ4v) is 2.49. The second-order valence-corrected chi connectivity index (χ2v) is 5.72. The normalized spacial score (nSPS) is 13.9. The topological polar surface area (TPSA) is 59.1 Å². The Labute approximate surface area is 147 Å². The molecule has 1 aromatic rings. The molecule has 0 fully saturated rings. The first kappa shape index (κ1) is 18.5. The Morgan fingerprint density at radius 3 is 2.20 bits per heavy atom. The molecule has 0 bridgehead atoms. The maximum Gasteiger partial charge on any atom is 0.355 e. The minimum Gasteiger partial charge on any atom is -0.465 e. The number of allylic oxidation sites excluding steroid dienone is 2. The maximum atomic E-state index is 12.3. The van der Waals surface area contributed by atoms with Crippen molar-refractivity contribution in [1.29, 1.82) is 0 Å². The third-order valence-corrected chi connectivity index (χ3v) is 3.60. The molecule has 0 aromatic heterocycles. The third kappa shape index (κ3) is 4.36. The fourth-order valence-electron chi connectivity index (χ4n) is 2.49. The van der Waals surface area contributed by atoms with Gasteiger partial charge < -0.3 is 19.3 Å². The Kier molecular flexibility index (Phi) is 6.14. The van der Waals surface area contributed by atoms with Crippen LogP contribution in [0.5, 0.6) is 0 Å². The summed E-state index contributed by atoms with van der Waals surface area (Å²) in [6.07, 6.45) is 6.66. The summed E-state index contributed by atoms with van der Waals surface area (Å²) in [5.41, 5.74) is 2.13. The minimum atomic E-state index is -0.617. The zero-order valence-electron chi connectivity index (χ0n) is 14.9.